The van der Waals surface area contributed by atoms with Crippen molar-refractivity contribution in [2.45, 2.75) is 18.8 Å². The van der Waals surface area contributed by atoms with Gasteiger partial charge in [0.25, 0.3) is 0 Å². The molecule has 1 aromatic rings. The maximum Gasteiger partial charge on any atom is 0.335 e. The number of carboxylic acid groups (broad SMARTS) is 1. The molecule has 0 bridgehead atoms. The number of piperidine rings is 1. The number of benzene rings is 1. The van der Waals surface area contributed by atoms with Crippen LogP contribution in [0, 0.1) is 12.3 Å². The number of likely N-dealkylation sites (tertiary alicyclic amines) is 1. The highest BCUT2D eigenvalue weighted by molar-refractivity contribution is 5.87. The summed E-state index contributed by atoms with van der Waals surface area (Å²) in [6, 6.07) is 7.24. The van der Waals surface area contributed by atoms with Crippen LogP contribution in [0.2, 0.25) is 0 Å². The molecule has 0 unspecified atom stereocenters. The molecule has 0 aromatic heterocycles. The first kappa shape index (κ1) is 12.7. The molecule has 1 aromatic carbocycles. The van der Waals surface area contributed by atoms with Gasteiger partial charge in [-0.25, -0.2) is 4.79 Å². The maximum absolute atomic E-state index is 10.8. The quantitative estimate of drug-likeness (QED) is 0.827. The monoisotopic (exact) mass is 243 g/mol. The van der Waals surface area contributed by atoms with Crippen molar-refractivity contribution in [2.24, 2.45) is 0 Å². The Bertz CT molecular complexity index is 450. The number of hydrogen-bond donors (Lipinski definition) is 1. The van der Waals surface area contributed by atoms with Crippen LogP contribution in [-0.2, 0) is 0 Å². The van der Waals surface area contributed by atoms with Gasteiger partial charge >= 0.3 is 5.97 Å². The molecule has 0 spiro atoms. The van der Waals surface area contributed by atoms with E-state index in [1.165, 1.54) is 5.56 Å². The number of hydrogen-bond acceptors (Lipinski definition) is 2. The largest absolute Gasteiger partial charge is 0.478 e. The SMILES string of the molecule is C#CCN1CCC(c2ccc(C(=O)O)cc2)CC1. The van der Waals surface area contributed by atoms with Gasteiger partial charge in [0.15, 0.2) is 0 Å². The Morgan fingerprint density at radius 1 is 1.33 bits per heavy atom. The predicted octanol–water partition coefficient (Wildman–Crippen LogP) is 2.20. The Morgan fingerprint density at radius 2 is 1.94 bits per heavy atom. The third-order valence-corrected chi connectivity index (χ3v) is 3.53. The van der Waals surface area contributed by atoms with E-state index in [9.17, 15) is 4.79 Å². The lowest BCUT2D eigenvalue weighted by Gasteiger charge is -2.30. The van der Waals surface area contributed by atoms with Gasteiger partial charge in [-0.1, -0.05) is 18.1 Å². The number of aromatic carboxylic acids is 1. The van der Waals surface area contributed by atoms with Crippen LogP contribution in [-0.4, -0.2) is 35.6 Å². The smallest absolute Gasteiger partial charge is 0.335 e. The number of nitrogens with zero attached hydrogens (tertiary/aromatic N) is 1. The van der Waals surface area contributed by atoms with Crippen LogP contribution in [0.25, 0.3) is 0 Å². The Kier molecular flexibility index (Phi) is 4.01. The number of terminal acetylenes is 1. The summed E-state index contributed by atoms with van der Waals surface area (Å²) < 4.78 is 0. The predicted molar refractivity (Wildman–Crippen MR) is 70.6 cm³/mol. The van der Waals surface area contributed by atoms with Gasteiger partial charge in [-0.05, 0) is 49.5 Å². The lowest BCUT2D eigenvalue weighted by molar-refractivity contribution is 0.0697. The van der Waals surface area contributed by atoms with Crippen LogP contribution in [0.5, 0.6) is 0 Å². The van der Waals surface area contributed by atoms with Crippen LogP contribution in [0.3, 0.4) is 0 Å². The molecule has 1 aliphatic heterocycles. The average Bonchev–Trinajstić information content (AvgIpc) is 2.40. The standard InChI is InChI=1S/C15H17NO2/c1-2-9-16-10-7-13(8-11-16)12-3-5-14(6-4-12)15(17)18/h1,3-6,13H,7-11H2,(H,17,18). The highest BCUT2D eigenvalue weighted by Gasteiger charge is 2.20. The summed E-state index contributed by atoms with van der Waals surface area (Å²) in [7, 11) is 0. The van der Waals surface area contributed by atoms with Crippen molar-refractivity contribution < 1.29 is 9.90 Å². The van der Waals surface area contributed by atoms with Gasteiger partial charge in [0.2, 0.25) is 0 Å². The van der Waals surface area contributed by atoms with E-state index in [4.69, 9.17) is 11.5 Å². The molecule has 2 rings (SSSR count). The summed E-state index contributed by atoms with van der Waals surface area (Å²) in [5, 5.41) is 8.85. The van der Waals surface area contributed by atoms with E-state index in [-0.39, 0.29) is 0 Å². The molecule has 0 aliphatic carbocycles. The van der Waals surface area contributed by atoms with Gasteiger partial charge in [0.1, 0.15) is 0 Å². The van der Waals surface area contributed by atoms with Gasteiger partial charge in [-0.3, -0.25) is 4.90 Å². The first-order chi connectivity index (χ1) is 8.70. The van der Waals surface area contributed by atoms with E-state index in [0.29, 0.717) is 11.5 Å². The summed E-state index contributed by atoms with van der Waals surface area (Å²) in [4.78, 5) is 13.1. The fourth-order valence-electron chi connectivity index (χ4n) is 2.45. The fourth-order valence-corrected chi connectivity index (χ4v) is 2.45. The van der Waals surface area contributed by atoms with E-state index in [0.717, 1.165) is 32.5 Å². The second-order valence-corrected chi connectivity index (χ2v) is 4.68. The molecule has 1 saturated heterocycles. The molecule has 0 radical (unpaired) electrons. The first-order valence-corrected chi connectivity index (χ1v) is 6.20. The topological polar surface area (TPSA) is 40.5 Å². The average molecular weight is 243 g/mol. The molecule has 94 valence electrons. The molecular weight excluding hydrogens is 226 g/mol. The van der Waals surface area contributed by atoms with Gasteiger partial charge in [-0.15, -0.1) is 6.42 Å². The molecule has 0 atom stereocenters. The second-order valence-electron chi connectivity index (χ2n) is 4.68. The van der Waals surface area contributed by atoms with E-state index in [2.05, 4.69) is 10.8 Å². The fraction of sp³-hybridized carbons (Fsp3) is 0.400. The van der Waals surface area contributed by atoms with Crippen molar-refractivity contribution in [3.05, 3.63) is 35.4 Å². The van der Waals surface area contributed by atoms with Gasteiger partial charge in [0, 0.05) is 0 Å². The van der Waals surface area contributed by atoms with Crippen molar-refractivity contribution in [3.8, 4) is 12.3 Å². The minimum atomic E-state index is -0.870. The molecule has 3 nitrogen and oxygen atoms in total. The van der Waals surface area contributed by atoms with E-state index < -0.39 is 5.97 Å². The molecule has 0 amide bonds. The summed E-state index contributed by atoms with van der Waals surface area (Å²) in [5.41, 5.74) is 1.59. The van der Waals surface area contributed by atoms with Crippen molar-refractivity contribution in [1.29, 1.82) is 0 Å². The van der Waals surface area contributed by atoms with Gasteiger partial charge in [-0.2, -0.15) is 0 Å². The van der Waals surface area contributed by atoms with E-state index >= 15 is 0 Å². The third kappa shape index (κ3) is 2.91. The highest BCUT2D eigenvalue weighted by atomic mass is 16.4. The minimum Gasteiger partial charge on any atom is -0.478 e. The molecular formula is C15H17NO2. The maximum atomic E-state index is 10.8. The van der Waals surface area contributed by atoms with Crippen molar-refractivity contribution in [2.75, 3.05) is 19.6 Å². The Labute approximate surface area is 107 Å². The molecule has 1 fully saturated rings. The summed E-state index contributed by atoms with van der Waals surface area (Å²) in [6.45, 7) is 2.77. The molecule has 3 heteroatoms. The lowest BCUT2D eigenvalue weighted by atomic mass is 9.89. The van der Waals surface area contributed by atoms with E-state index in [1.54, 1.807) is 12.1 Å². The lowest BCUT2D eigenvalue weighted by Crippen LogP contribution is -2.33. The highest BCUT2D eigenvalue weighted by Crippen LogP contribution is 2.27. The second kappa shape index (κ2) is 5.70. The van der Waals surface area contributed by atoms with Crippen LogP contribution < -0.4 is 0 Å². The molecule has 1 aliphatic rings. The minimum absolute atomic E-state index is 0.350. The normalized spacial score (nSPS) is 17.3. The van der Waals surface area contributed by atoms with Crippen LogP contribution in [0.1, 0.15) is 34.7 Å². The number of carbonyl (C=O) groups is 1. The van der Waals surface area contributed by atoms with Gasteiger partial charge < -0.3 is 5.11 Å². The zero-order chi connectivity index (χ0) is 13.0. The van der Waals surface area contributed by atoms with Crippen molar-refractivity contribution >= 4 is 5.97 Å². The van der Waals surface area contributed by atoms with Crippen LogP contribution in [0.15, 0.2) is 24.3 Å². The Balaban J connectivity index is 1.97. The zero-order valence-electron chi connectivity index (χ0n) is 10.3. The molecule has 1 heterocycles. The summed E-state index contributed by atoms with van der Waals surface area (Å²) >= 11 is 0. The summed E-state index contributed by atoms with van der Waals surface area (Å²) in [6.07, 6.45) is 7.49. The van der Waals surface area contributed by atoms with Crippen molar-refractivity contribution in [3.63, 3.8) is 0 Å². The number of carboxylic acids is 1. The van der Waals surface area contributed by atoms with Gasteiger partial charge in [0.05, 0.1) is 12.1 Å². The number of rotatable bonds is 3. The Hall–Kier alpha value is -1.79. The summed E-state index contributed by atoms with van der Waals surface area (Å²) in [5.74, 6) is 2.33. The molecule has 1 N–H and O–H groups in total. The van der Waals surface area contributed by atoms with Crippen LogP contribution in [0.4, 0.5) is 0 Å². The van der Waals surface area contributed by atoms with Crippen LogP contribution >= 0.6 is 0 Å². The van der Waals surface area contributed by atoms with E-state index in [1.807, 2.05) is 12.1 Å². The first-order valence-electron chi connectivity index (χ1n) is 6.20. The van der Waals surface area contributed by atoms with Crippen molar-refractivity contribution in [1.82, 2.24) is 4.90 Å². The Morgan fingerprint density at radius 3 is 2.44 bits per heavy atom. The third-order valence-electron chi connectivity index (χ3n) is 3.53. The molecule has 18 heavy (non-hydrogen) atoms. The zero-order valence-corrected chi connectivity index (χ0v) is 10.3. The molecule has 0 saturated carbocycles.